The Morgan fingerprint density at radius 3 is 2.24 bits per heavy atom. The zero-order chi connectivity index (χ0) is 13.4. The molecule has 0 fully saturated rings. The molecular formula is C10H14F3N3O. The van der Waals surface area contributed by atoms with Gasteiger partial charge in [-0.25, -0.2) is 0 Å². The van der Waals surface area contributed by atoms with Gasteiger partial charge in [-0.05, 0) is 0 Å². The number of alkyl halides is 3. The van der Waals surface area contributed by atoms with Crippen LogP contribution in [0.25, 0.3) is 0 Å². The molecule has 0 spiro atoms. The van der Waals surface area contributed by atoms with E-state index < -0.39 is 12.1 Å². The van der Waals surface area contributed by atoms with Gasteiger partial charge in [0.25, 0.3) is 0 Å². The Kier molecular flexibility index (Phi) is 3.22. The van der Waals surface area contributed by atoms with Gasteiger partial charge in [0.05, 0.1) is 5.69 Å². The van der Waals surface area contributed by atoms with Gasteiger partial charge in [0.15, 0.2) is 0 Å². The third kappa shape index (κ3) is 3.21. The number of amides is 1. The smallest absolute Gasteiger partial charge is 0.303 e. The molecule has 0 aliphatic heterocycles. The maximum Gasteiger partial charge on any atom is 0.471 e. The van der Waals surface area contributed by atoms with Crippen LogP contribution in [0.1, 0.15) is 26.5 Å². The van der Waals surface area contributed by atoms with Crippen LogP contribution in [0, 0.1) is 0 Å². The fourth-order valence-electron chi connectivity index (χ4n) is 1.14. The molecule has 1 N–H and O–H groups in total. The third-order valence-electron chi connectivity index (χ3n) is 2.15. The molecule has 0 atom stereocenters. The van der Waals surface area contributed by atoms with E-state index in [-0.39, 0.29) is 11.2 Å². The highest BCUT2D eigenvalue weighted by molar-refractivity contribution is 5.94. The number of carbonyl (C=O) groups excluding carboxylic acids is 1. The lowest BCUT2D eigenvalue weighted by Gasteiger charge is -2.13. The fraction of sp³-hybridized carbons (Fsp3) is 0.600. The highest BCUT2D eigenvalue weighted by Crippen LogP contribution is 2.24. The summed E-state index contributed by atoms with van der Waals surface area (Å²) >= 11 is 0. The van der Waals surface area contributed by atoms with E-state index in [9.17, 15) is 18.0 Å². The van der Waals surface area contributed by atoms with Gasteiger partial charge in [0.2, 0.25) is 0 Å². The number of anilines is 1. The lowest BCUT2D eigenvalue weighted by molar-refractivity contribution is -0.167. The van der Waals surface area contributed by atoms with Crippen LogP contribution in [0.15, 0.2) is 6.07 Å². The van der Waals surface area contributed by atoms with Crippen molar-refractivity contribution in [1.82, 2.24) is 9.78 Å². The van der Waals surface area contributed by atoms with E-state index in [1.54, 1.807) is 5.32 Å². The maximum absolute atomic E-state index is 12.1. The molecule has 0 radical (unpaired) electrons. The largest absolute Gasteiger partial charge is 0.471 e. The summed E-state index contributed by atoms with van der Waals surface area (Å²) in [5.41, 5.74) is 0.316. The molecule has 1 aromatic rings. The number of nitrogens with zero attached hydrogens (tertiary/aromatic N) is 2. The number of rotatable bonds is 1. The third-order valence-corrected chi connectivity index (χ3v) is 2.15. The molecule has 0 saturated heterocycles. The SMILES string of the molecule is Cn1nc(C(C)(C)C)cc1NC(=O)C(F)(F)F. The molecule has 0 bridgehead atoms. The molecule has 1 rings (SSSR count). The van der Waals surface area contributed by atoms with Gasteiger partial charge in [0.1, 0.15) is 5.82 Å². The van der Waals surface area contributed by atoms with E-state index in [2.05, 4.69) is 5.10 Å². The Morgan fingerprint density at radius 2 is 1.88 bits per heavy atom. The minimum Gasteiger partial charge on any atom is -0.303 e. The van der Waals surface area contributed by atoms with Gasteiger partial charge in [-0.3, -0.25) is 9.48 Å². The number of aryl methyl sites for hydroxylation is 1. The molecule has 7 heteroatoms. The first-order chi connectivity index (χ1) is 7.51. The second-order valence-electron chi connectivity index (χ2n) is 4.74. The van der Waals surface area contributed by atoms with Crippen LogP contribution in [0.4, 0.5) is 19.0 Å². The van der Waals surface area contributed by atoms with Crippen LogP contribution in [0.2, 0.25) is 0 Å². The molecule has 0 aromatic carbocycles. The fourth-order valence-corrected chi connectivity index (χ4v) is 1.14. The summed E-state index contributed by atoms with van der Waals surface area (Å²) in [5.74, 6) is -1.97. The van der Waals surface area contributed by atoms with Crippen LogP contribution < -0.4 is 5.32 Å². The van der Waals surface area contributed by atoms with Crippen molar-refractivity contribution in [1.29, 1.82) is 0 Å². The summed E-state index contributed by atoms with van der Waals surface area (Å²) in [4.78, 5) is 10.8. The predicted octanol–water partition coefficient (Wildman–Crippen LogP) is 2.22. The van der Waals surface area contributed by atoms with E-state index in [4.69, 9.17) is 0 Å². The number of nitrogens with one attached hydrogen (secondary N) is 1. The standard InChI is InChI=1S/C10H14F3N3O/c1-9(2,3)6-5-7(16(4)15-6)14-8(17)10(11,12)13/h5H,1-4H3,(H,14,17). The molecule has 0 saturated carbocycles. The minimum absolute atomic E-state index is 0.0252. The van der Waals surface area contributed by atoms with Crippen molar-refractivity contribution < 1.29 is 18.0 Å². The van der Waals surface area contributed by atoms with Crippen LogP contribution in [-0.4, -0.2) is 21.9 Å². The lowest BCUT2D eigenvalue weighted by Crippen LogP contribution is -2.30. The Labute approximate surface area is 96.8 Å². The van der Waals surface area contributed by atoms with Crippen molar-refractivity contribution in [2.45, 2.75) is 32.4 Å². The average molecular weight is 249 g/mol. The second kappa shape index (κ2) is 4.05. The van der Waals surface area contributed by atoms with Crippen LogP contribution in [0.3, 0.4) is 0 Å². The molecule has 1 amide bonds. The lowest BCUT2D eigenvalue weighted by atomic mass is 9.92. The van der Waals surface area contributed by atoms with Crippen molar-refractivity contribution in [3.63, 3.8) is 0 Å². The number of aromatic nitrogens is 2. The molecule has 1 aromatic heterocycles. The first-order valence-corrected chi connectivity index (χ1v) is 4.94. The first kappa shape index (κ1) is 13.5. The Hall–Kier alpha value is -1.53. The van der Waals surface area contributed by atoms with Crippen molar-refractivity contribution in [3.8, 4) is 0 Å². The van der Waals surface area contributed by atoms with Crippen molar-refractivity contribution >= 4 is 11.7 Å². The molecule has 4 nitrogen and oxygen atoms in total. The number of halogens is 3. The van der Waals surface area contributed by atoms with Crippen molar-refractivity contribution in [3.05, 3.63) is 11.8 Å². The predicted molar refractivity (Wildman–Crippen MR) is 56.6 cm³/mol. The van der Waals surface area contributed by atoms with Gasteiger partial charge in [-0.2, -0.15) is 18.3 Å². The Balaban J connectivity index is 2.94. The monoisotopic (exact) mass is 249 g/mol. The number of hydrogen-bond acceptors (Lipinski definition) is 2. The van der Waals surface area contributed by atoms with Crippen molar-refractivity contribution in [2.24, 2.45) is 7.05 Å². The van der Waals surface area contributed by atoms with Crippen molar-refractivity contribution in [2.75, 3.05) is 5.32 Å². The van der Waals surface area contributed by atoms with E-state index in [1.807, 2.05) is 20.8 Å². The molecule has 0 unspecified atom stereocenters. The molecular weight excluding hydrogens is 235 g/mol. The summed E-state index contributed by atoms with van der Waals surface area (Å²) in [7, 11) is 1.47. The topological polar surface area (TPSA) is 46.9 Å². The normalized spacial score (nSPS) is 12.6. The van der Waals surface area contributed by atoms with Gasteiger partial charge in [0, 0.05) is 18.5 Å². The van der Waals surface area contributed by atoms with E-state index in [0.29, 0.717) is 5.69 Å². The zero-order valence-electron chi connectivity index (χ0n) is 10.0. The summed E-state index contributed by atoms with van der Waals surface area (Å²) in [6, 6.07) is 1.43. The van der Waals surface area contributed by atoms with Gasteiger partial charge >= 0.3 is 12.1 Å². The molecule has 96 valence electrons. The highest BCUT2D eigenvalue weighted by Gasteiger charge is 2.39. The van der Waals surface area contributed by atoms with E-state index >= 15 is 0 Å². The van der Waals surface area contributed by atoms with Crippen LogP contribution >= 0.6 is 0 Å². The van der Waals surface area contributed by atoms with Gasteiger partial charge < -0.3 is 5.32 Å². The minimum atomic E-state index is -4.90. The molecule has 0 aliphatic carbocycles. The number of hydrogen-bond donors (Lipinski definition) is 1. The van der Waals surface area contributed by atoms with Crippen LogP contribution in [-0.2, 0) is 17.3 Å². The first-order valence-electron chi connectivity index (χ1n) is 4.94. The van der Waals surface area contributed by atoms with Crippen LogP contribution in [0.5, 0.6) is 0 Å². The number of carbonyl (C=O) groups is 1. The van der Waals surface area contributed by atoms with E-state index in [1.165, 1.54) is 17.8 Å². The maximum atomic E-state index is 12.1. The van der Waals surface area contributed by atoms with Gasteiger partial charge in [-0.15, -0.1) is 0 Å². The summed E-state index contributed by atoms with van der Waals surface area (Å²) in [5, 5.41) is 5.83. The average Bonchev–Trinajstić information content (AvgIpc) is 2.45. The summed E-state index contributed by atoms with van der Waals surface area (Å²) in [6.45, 7) is 5.64. The van der Waals surface area contributed by atoms with Gasteiger partial charge in [-0.1, -0.05) is 20.8 Å². The second-order valence-corrected chi connectivity index (χ2v) is 4.74. The highest BCUT2D eigenvalue weighted by atomic mass is 19.4. The zero-order valence-corrected chi connectivity index (χ0v) is 10.0. The Bertz CT molecular complexity index is 429. The summed E-state index contributed by atoms with van der Waals surface area (Å²) < 4.78 is 37.4. The summed E-state index contributed by atoms with van der Waals surface area (Å²) in [6.07, 6.45) is -4.90. The molecule has 17 heavy (non-hydrogen) atoms. The molecule has 0 aliphatic rings. The Morgan fingerprint density at radius 1 is 1.35 bits per heavy atom. The van der Waals surface area contributed by atoms with E-state index in [0.717, 1.165) is 0 Å². The molecule has 1 heterocycles. The quantitative estimate of drug-likeness (QED) is 0.829.